The predicted molar refractivity (Wildman–Crippen MR) is 58.0 cm³/mol. The number of Topliss-reactive ketones (excluding diaryl/α,β-unsaturated/α-hetero) is 1. The number of ketones is 1. The molecule has 0 heterocycles. The Bertz CT molecular complexity index is 424. The van der Waals surface area contributed by atoms with Crippen LogP contribution in [0.3, 0.4) is 0 Å². The van der Waals surface area contributed by atoms with Gasteiger partial charge in [-0.2, -0.15) is 0 Å². The molecular weight excluding hydrogens is 235 g/mol. The van der Waals surface area contributed by atoms with Gasteiger partial charge in [-0.15, -0.1) is 0 Å². The summed E-state index contributed by atoms with van der Waals surface area (Å²) >= 11 is 12.6. The molecular formula is C11H10Cl2O2. The van der Waals surface area contributed by atoms with Crippen molar-refractivity contribution in [1.29, 1.82) is 0 Å². The number of carbonyl (C=O) groups is 1. The van der Waals surface area contributed by atoms with E-state index >= 15 is 0 Å². The highest BCUT2D eigenvalue weighted by Crippen LogP contribution is 2.85. The second-order valence-electron chi connectivity index (χ2n) is 4.64. The van der Waals surface area contributed by atoms with Gasteiger partial charge in [-0.3, -0.25) is 4.79 Å². The molecule has 3 aliphatic rings. The average molecular weight is 245 g/mol. The van der Waals surface area contributed by atoms with Crippen molar-refractivity contribution in [3.05, 3.63) is 24.0 Å². The first-order valence-electron chi connectivity index (χ1n) is 4.95. The number of halogens is 2. The molecule has 2 unspecified atom stereocenters. The number of rotatable bonds is 0. The summed E-state index contributed by atoms with van der Waals surface area (Å²) in [6.07, 6.45) is 7.29. The monoisotopic (exact) mass is 244 g/mol. The van der Waals surface area contributed by atoms with Crippen LogP contribution in [0.1, 0.15) is 19.3 Å². The van der Waals surface area contributed by atoms with Gasteiger partial charge in [0, 0.05) is 17.3 Å². The third-order valence-corrected chi connectivity index (χ3v) is 5.55. The van der Waals surface area contributed by atoms with E-state index in [1.165, 1.54) is 0 Å². The molecule has 0 amide bonds. The van der Waals surface area contributed by atoms with Crippen LogP contribution in [-0.4, -0.2) is 15.2 Å². The van der Waals surface area contributed by atoms with E-state index in [-0.39, 0.29) is 23.4 Å². The van der Waals surface area contributed by atoms with Crippen LogP contribution in [0.15, 0.2) is 24.0 Å². The first-order valence-corrected chi connectivity index (χ1v) is 5.70. The van der Waals surface area contributed by atoms with Crippen LogP contribution >= 0.6 is 23.2 Å². The van der Waals surface area contributed by atoms with Gasteiger partial charge in [-0.25, -0.2) is 0 Å². The molecule has 4 heteroatoms. The summed E-state index contributed by atoms with van der Waals surface area (Å²) < 4.78 is -0.913. The first kappa shape index (κ1) is 9.73. The molecule has 1 saturated carbocycles. The van der Waals surface area contributed by atoms with Crippen LogP contribution in [0.5, 0.6) is 0 Å². The summed E-state index contributed by atoms with van der Waals surface area (Å²) in [6.45, 7) is 0. The highest BCUT2D eigenvalue weighted by atomic mass is 35.5. The third-order valence-electron chi connectivity index (χ3n) is 4.16. The lowest BCUT2D eigenvalue weighted by molar-refractivity contribution is -0.120. The minimum atomic E-state index is -0.913. The molecule has 3 aliphatic carbocycles. The highest BCUT2D eigenvalue weighted by Gasteiger charge is 2.86. The fraction of sp³-hybridized carbons (Fsp3) is 0.545. The van der Waals surface area contributed by atoms with Gasteiger partial charge >= 0.3 is 0 Å². The highest BCUT2D eigenvalue weighted by molar-refractivity contribution is 6.53. The van der Waals surface area contributed by atoms with Crippen molar-refractivity contribution in [1.82, 2.24) is 0 Å². The predicted octanol–water partition coefficient (Wildman–Crippen LogP) is 2.91. The molecule has 3 rings (SSSR count). The fourth-order valence-corrected chi connectivity index (χ4v) is 4.35. The first-order chi connectivity index (χ1) is 6.97. The van der Waals surface area contributed by atoms with Gasteiger partial charge in [0.15, 0.2) is 11.5 Å². The Morgan fingerprint density at radius 3 is 2.67 bits per heavy atom. The lowest BCUT2D eigenvalue weighted by Gasteiger charge is -2.26. The molecule has 0 saturated heterocycles. The molecule has 0 aromatic carbocycles. The number of hydrogen-bond acceptors (Lipinski definition) is 2. The van der Waals surface area contributed by atoms with Gasteiger partial charge in [-0.05, 0) is 18.9 Å². The van der Waals surface area contributed by atoms with Crippen molar-refractivity contribution in [3.8, 4) is 0 Å². The summed E-state index contributed by atoms with van der Waals surface area (Å²) in [6, 6.07) is 0. The number of aliphatic hydroxyl groups excluding tert-OH is 1. The summed E-state index contributed by atoms with van der Waals surface area (Å²) in [5.41, 5.74) is -0.795. The Morgan fingerprint density at radius 2 is 1.93 bits per heavy atom. The van der Waals surface area contributed by atoms with E-state index in [1.807, 2.05) is 12.2 Å². The Morgan fingerprint density at radius 1 is 1.27 bits per heavy atom. The van der Waals surface area contributed by atoms with Crippen LogP contribution in [0.2, 0.25) is 0 Å². The minimum absolute atomic E-state index is 0.177. The van der Waals surface area contributed by atoms with E-state index in [0.717, 1.165) is 6.42 Å². The van der Waals surface area contributed by atoms with Crippen molar-refractivity contribution in [3.63, 3.8) is 0 Å². The molecule has 1 N–H and O–H groups in total. The van der Waals surface area contributed by atoms with Crippen molar-refractivity contribution in [2.24, 2.45) is 10.8 Å². The van der Waals surface area contributed by atoms with E-state index in [4.69, 9.17) is 23.2 Å². The smallest absolute Gasteiger partial charge is 0.197 e. The van der Waals surface area contributed by atoms with Crippen molar-refractivity contribution in [2.45, 2.75) is 23.6 Å². The Balaban J connectivity index is 2.18. The van der Waals surface area contributed by atoms with E-state index in [9.17, 15) is 9.90 Å². The van der Waals surface area contributed by atoms with Gasteiger partial charge in [0.1, 0.15) is 4.33 Å². The number of allylic oxidation sites excluding steroid dienone is 4. The maximum Gasteiger partial charge on any atom is 0.197 e. The van der Waals surface area contributed by atoms with Crippen LogP contribution in [0, 0.1) is 10.8 Å². The molecule has 0 bridgehead atoms. The van der Waals surface area contributed by atoms with Crippen molar-refractivity contribution in [2.75, 3.05) is 0 Å². The van der Waals surface area contributed by atoms with Crippen molar-refractivity contribution >= 4 is 29.0 Å². The van der Waals surface area contributed by atoms with Gasteiger partial charge in [0.25, 0.3) is 0 Å². The van der Waals surface area contributed by atoms with E-state index in [0.29, 0.717) is 6.42 Å². The molecule has 0 radical (unpaired) electrons. The zero-order valence-electron chi connectivity index (χ0n) is 7.96. The maximum absolute atomic E-state index is 11.5. The normalized spacial score (nSPS) is 45.5. The van der Waals surface area contributed by atoms with Crippen LogP contribution in [0.4, 0.5) is 0 Å². The van der Waals surface area contributed by atoms with Gasteiger partial charge in [0.05, 0.1) is 0 Å². The second-order valence-corrected chi connectivity index (χ2v) is 5.96. The molecule has 0 aliphatic heterocycles. The van der Waals surface area contributed by atoms with Gasteiger partial charge in [-0.1, -0.05) is 35.4 Å². The van der Waals surface area contributed by atoms with Crippen molar-refractivity contribution < 1.29 is 9.90 Å². The second kappa shape index (κ2) is 2.44. The molecule has 80 valence electrons. The Hall–Kier alpha value is -0.470. The van der Waals surface area contributed by atoms with E-state index in [1.54, 1.807) is 6.08 Å². The largest absolute Gasteiger partial charge is 0.505 e. The molecule has 2 nitrogen and oxygen atoms in total. The van der Waals surface area contributed by atoms with E-state index in [2.05, 4.69) is 0 Å². The lowest BCUT2D eigenvalue weighted by Crippen LogP contribution is -2.25. The molecule has 0 aromatic heterocycles. The number of carbonyl (C=O) groups excluding carboxylic acids is 1. The molecule has 1 fully saturated rings. The molecule has 15 heavy (non-hydrogen) atoms. The Labute approximate surface area is 97.6 Å². The molecule has 0 spiro atoms. The quantitative estimate of drug-likeness (QED) is 0.526. The SMILES string of the molecule is O=C1CC23CC=CCC2(C=C1O)C3(Cl)Cl. The summed E-state index contributed by atoms with van der Waals surface area (Å²) in [4.78, 5) is 11.5. The minimum Gasteiger partial charge on any atom is -0.505 e. The summed E-state index contributed by atoms with van der Waals surface area (Å²) in [5, 5.41) is 9.51. The summed E-state index contributed by atoms with van der Waals surface area (Å²) in [5.74, 6) is -0.423. The topological polar surface area (TPSA) is 37.3 Å². The van der Waals surface area contributed by atoms with E-state index < -0.39 is 9.75 Å². The van der Waals surface area contributed by atoms with Gasteiger partial charge in [0.2, 0.25) is 0 Å². The number of alkyl halides is 2. The zero-order valence-corrected chi connectivity index (χ0v) is 9.48. The average Bonchev–Trinajstić information content (AvgIpc) is 2.60. The molecule has 2 atom stereocenters. The fourth-order valence-electron chi connectivity index (χ4n) is 3.19. The maximum atomic E-state index is 11.5. The lowest BCUT2D eigenvalue weighted by atomic mass is 9.76. The number of aliphatic hydroxyl groups is 1. The van der Waals surface area contributed by atoms with Gasteiger partial charge < -0.3 is 5.11 Å². The zero-order chi connectivity index (χ0) is 10.9. The molecule has 0 aromatic rings. The number of hydrogen-bond donors (Lipinski definition) is 1. The summed E-state index contributed by atoms with van der Waals surface area (Å²) in [7, 11) is 0. The third kappa shape index (κ3) is 0.796. The standard InChI is InChI=1S/C11H10Cl2O2/c12-11(13)9-3-1-2-4-10(9,11)6-8(15)7(14)5-9/h1-2,5,14H,3-4,6H2. The van der Waals surface area contributed by atoms with Crippen LogP contribution < -0.4 is 0 Å². The van der Waals surface area contributed by atoms with Crippen LogP contribution in [0.25, 0.3) is 0 Å². The van der Waals surface area contributed by atoms with Crippen LogP contribution in [-0.2, 0) is 4.79 Å². The Kier molecular flexibility index (Phi) is 1.58.